The van der Waals surface area contributed by atoms with E-state index in [0.717, 1.165) is 43.0 Å². The molecule has 1 heterocycles. The Hall–Kier alpha value is -3.52. The van der Waals surface area contributed by atoms with Gasteiger partial charge in [0.25, 0.3) is 11.6 Å². The van der Waals surface area contributed by atoms with E-state index < -0.39 is 16.7 Å². The molecule has 2 aromatic rings. The molecule has 1 aliphatic heterocycles. The van der Waals surface area contributed by atoms with Crippen LogP contribution >= 0.6 is 11.8 Å². The molecule has 1 saturated carbocycles. The van der Waals surface area contributed by atoms with Crippen molar-refractivity contribution in [2.75, 3.05) is 18.5 Å². The van der Waals surface area contributed by atoms with Gasteiger partial charge in [-0.25, -0.2) is 5.01 Å². The van der Waals surface area contributed by atoms with Gasteiger partial charge in [-0.3, -0.25) is 19.7 Å². The number of nitrogens with two attached hydrogens (primary N) is 2. The molecular weight excluding hydrogens is 474 g/mol. The predicted octanol–water partition coefficient (Wildman–Crippen LogP) is 1.26. The van der Waals surface area contributed by atoms with Crippen molar-refractivity contribution in [1.29, 1.82) is 0 Å². The fourth-order valence-electron chi connectivity index (χ4n) is 4.26. The van der Waals surface area contributed by atoms with Crippen LogP contribution in [0.1, 0.15) is 57.9 Å². The minimum absolute atomic E-state index is 0.0724. The first-order chi connectivity index (χ1) is 16.9. The molecule has 7 N–H and O–H groups in total. The topological polar surface area (TPSA) is 180 Å². The number of nitro groups is 1. The zero-order valence-corrected chi connectivity index (χ0v) is 19.6. The van der Waals surface area contributed by atoms with E-state index in [1.54, 1.807) is 17.1 Å². The van der Waals surface area contributed by atoms with Crippen LogP contribution in [0.15, 0.2) is 46.4 Å². The third-order valence-electron chi connectivity index (χ3n) is 5.93. The standard InChI is InChI=1S/C22H25N7O5S/c23-20(31)17-11-14(5-7-16(17)13-3-1-2-4-13)24-21(32)18-12-15(29(33)34)6-8-19(18)35-22-25-26-27-28(22)9-10-30/h5-8,11-13,26-27,30H,1-4,9-10H2,(H2,23,31)(H,24,32)/p+1. The molecule has 0 atom stereocenters. The fourth-order valence-corrected chi connectivity index (χ4v) is 5.21. The average molecular weight is 501 g/mol. The maximum atomic E-state index is 13.2. The van der Waals surface area contributed by atoms with E-state index in [1.165, 1.54) is 23.7 Å². The summed E-state index contributed by atoms with van der Waals surface area (Å²) in [6, 6.07) is 9.07. The lowest BCUT2D eigenvalue weighted by molar-refractivity contribution is -0.725. The second-order valence-electron chi connectivity index (χ2n) is 8.19. The first-order valence-electron chi connectivity index (χ1n) is 11.1. The number of amidine groups is 1. The van der Waals surface area contributed by atoms with Crippen LogP contribution in [-0.2, 0) is 0 Å². The van der Waals surface area contributed by atoms with Crippen molar-refractivity contribution in [3.63, 3.8) is 0 Å². The van der Waals surface area contributed by atoms with Crippen LogP contribution in [0.25, 0.3) is 0 Å². The van der Waals surface area contributed by atoms with Gasteiger partial charge in [-0.1, -0.05) is 18.9 Å². The molecule has 0 spiro atoms. The number of hydrogen-bond acceptors (Lipinski definition) is 9. The van der Waals surface area contributed by atoms with Gasteiger partial charge in [0.15, 0.2) is 0 Å². The van der Waals surface area contributed by atoms with Crippen LogP contribution in [0.4, 0.5) is 11.4 Å². The Morgan fingerprint density at radius 1 is 1.26 bits per heavy atom. The summed E-state index contributed by atoms with van der Waals surface area (Å²) in [6.45, 7) is 0.146. The summed E-state index contributed by atoms with van der Waals surface area (Å²) in [5.41, 5.74) is 11.4. The minimum atomic E-state index is -0.579. The molecule has 0 aromatic heterocycles. The van der Waals surface area contributed by atoms with Gasteiger partial charge in [-0.05, 0) is 64.9 Å². The molecule has 2 amide bonds. The predicted molar refractivity (Wildman–Crippen MR) is 129 cm³/mol. The second-order valence-corrected chi connectivity index (χ2v) is 9.20. The van der Waals surface area contributed by atoms with Crippen molar-refractivity contribution >= 4 is 40.1 Å². The minimum Gasteiger partial charge on any atom is -0.394 e. The highest BCUT2D eigenvalue weighted by molar-refractivity contribution is 8.13. The summed E-state index contributed by atoms with van der Waals surface area (Å²) in [5.74, 6) is -0.882. The van der Waals surface area contributed by atoms with Crippen LogP contribution in [-0.4, -0.2) is 45.2 Å². The van der Waals surface area contributed by atoms with E-state index >= 15 is 0 Å². The van der Waals surface area contributed by atoms with Crippen molar-refractivity contribution in [2.24, 2.45) is 10.8 Å². The molecule has 35 heavy (non-hydrogen) atoms. The summed E-state index contributed by atoms with van der Waals surface area (Å²) >= 11 is 1.13. The maximum absolute atomic E-state index is 13.2. The van der Waals surface area contributed by atoms with Gasteiger partial charge in [0.05, 0.1) is 23.6 Å². The van der Waals surface area contributed by atoms with E-state index in [9.17, 15) is 24.8 Å². The number of rotatable bonds is 8. The lowest BCUT2D eigenvalue weighted by atomic mass is 9.92. The molecule has 0 radical (unpaired) electrons. The number of aliphatic hydroxyl groups excluding tert-OH is 1. The number of nitrogens with zero attached hydrogens (tertiary/aromatic N) is 3. The summed E-state index contributed by atoms with van der Waals surface area (Å²) in [4.78, 5) is 36.6. The number of benzene rings is 2. The number of nitrogens with one attached hydrogen (secondary N) is 2. The number of β-amino-alcohol motifs (C(OH)–C–C–N with tert-alkyl or cyclic N) is 1. The highest BCUT2D eigenvalue weighted by Crippen LogP contribution is 2.37. The number of anilines is 1. The molecule has 1 fully saturated rings. The fraction of sp³-hybridized carbons (Fsp3) is 0.318. The number of non-ortho nitro benzene ring substituents is 1. The van der Waals surface area contributed by atoms with Gasteiger partial charge in [0.2, 0.25) is 11.1 Å². The molecule has 2 aliphatic rings. The molecule has 184 valence electrons. The number of nitro benzene ring substituents is 1. The highest BCUT2D eigenvalue weighted by Gasteiger charge is 2.26. The molecule has 0 saturated heterocycles. The van der Waals surface area contributed by atoms with Crippen molar-refractivity contribution in [3.8, 4) is 0 Å². The summed E-state index contributed by atoms with van der Waals surface area (Å²) in [6.07, 6.45) is 4.18. The largest absolute Gasteiger partial charge is 0.394 e. The van der Waals surface area contributed by atoms with Crippen molar-refractivity contribution in [3.05, 3.63) is 63.2 Å². The highest BCUT2D eigenvalue weighted by atomic mass is 32.2. The first kappa shape index (κ1) is 24.6. The molecule has 4 rings (SSSR count). The zero-order valence-electron chi connectivity index (χ0n) is 18.8. The molecule has 1 aliphatic carbocycles. The number of carbonyl (C=O) groups excluding carboxylic acids is 2. The van der Waals surface area contributed by atoms with Crippen LogP contribution in [0.3, 0.4) is 0 Å². The second kappa shape index (κ2) is 10.8. The third kappa shape index (κ3) is 5.59. The van der Waals surface area contributed by atoms with Crippen LogP contribution in [0, 0.1) is 10.1 Å². The molecule has 13 heteroatoms. The van der Waals surface area contributed by atoms with Gasteiger partial charge < -0.3 is 16.2 Å². The maximum Gasteiger partial charge on any atom is 0.270 e. The Kier molecular flexibility index (Phi) is 7.60. The van der Waals surface area contributed by atoms with E-state index in [0.29, 0.717) is 21.3 Å². The number of aliphatic hydroxyl groups is 1. The number of amides is 2. The Bertz CT molecular complexity index is 1180. The normalized spacial score (nSPS) is 15.8. The smallest absolute Gasteiger partial charge is 0.270 e. The number of primary amides is 1. The van der Waals surface area contributed by atoms with Crippen LogP contribution in [0.5, 0.6) is 0 Å². The van der Waals surface area contributed by atoms with Crippen molar-refractivity contribution in [2.45, 2.75) is 36.5 Å². The number of thioether (sulfide) groups is 1. The van der Waals surface area contributed by atoms with E-state index in [1.807, 2.05) is 6.07 Å². The third-order valence-corrected chi connectivity index (χ3v) is 7.02. The van der Waals surface area contributed by atoms with Gasteiger partial charge in [-0.2, -0.15) is 0 Å². The summed E-state index contributed by atoms with van der Waals surface area (Å²) in [5, 5.41) is 29.6. The monoisotopic (exact) mass is 500 g/mol. The van der Waals surface area contributed by atoms with Gasteiger partial charge in [0, 0.05) is 28.3 Å². The summed E-state index contributed by atoms with van der Waals surface area (Å²) in [7, 11) is 0. The Morgan fingerprint density at radius 3 is 2.71 bits per heavy atom. The lowest BCUT2D eigenvalue weighted by Crippen LogP contribution is -2.87. The summed E-state index contributed by atoms with van der Waals surface area (Å²) < 4.78 is 0. The van der Waals surface area contributed by atoms with Crippen LogP contribution < -0.4 is 22.1 Å². The van der Waals surface area contributed by atoms with Crippen molar-refractivity contribution in [1.82, 2.24) is 10.5 Å². The van der Waals surface area contributed by atoms with E-state index in [2.05, 4.69) is 16.0 Å². The molecule has 0 bridgehead atoms. The SMILES string of the molecule is NC(=O)c1cc(NC(=O)c2cc([N+](=O)[O-])ccc2SC2=N[NH2+]NN2CCO)ccc1C1CCCC1. The van der Waals surface area contributed by atoms with E-state index in [-0.39, 0.29) is 30.3 Å². The number of hydrogen-bond donors (Lipinski definition) is 5. The van der Waals surface area contributed by atoms with Gasteiger partial charge >= 0.3 is 0 Å². The van der Waals surface area contributed by atoms with Gasteiger partial charge in [0.1, 0.15) is 0 Å². The number of hydrazine groups is 1. The number of carbonyl (C=O) groups is 2. The Balaban J connectivity index is 1.62. The van der Waals surface area contributed by atoms with E-state index in [4.69, 9.17) is 5.73 Å². The molecule has 12 nitrogen and oxygen atoms in total. The quantitative estimate of drug-likeness (QED) is 0.204. The first-order valence-corrected chi connectivity index (χ1v) is 11.9. The zero-order chi connectivity index (χ0) is 24.9. The molecule has 0 unspecified atom stereocenters. The van der Waals surface area contributed by atoms with Crippen LogP contribution in [0.2, 0.25) is 0 Å². The van der Waals surface area contributed by atoms with Gasteiger partial charge in [-0.15, -0.1) is 5.53 Å². The average Bonchev–Trinajstić information content (AvgIpc) is 3.52. The lowest BCUT2D eigenvalue weighted by Gasteiger charge is -2.16. The molecular formula is C22H26N7O5S+. The molecule has 2 aromatic carbocycles. The Labute approximate surface area is 205 Å². The van der Waals surface area contributed by atoms with Crippen molar-refractivity contribution < 1.29 is 25.2 Å². The Morgan fingerprint density at radius 2 is 2.03 bits per heavy atom. The number of quaternary nitrogens is 1.